The summed E-state index contributed by atoms with van der Waals surface area (Å²) in [7, 11) is 0. The molecule has 64 heavy (non-hydrogen) atoms. The van der Waals surface area contributed by atoms with Gasteiger partial charge in [0.05, 0.1) is 5.56 Å². The van der Waals surface area contributed by atoms with Gasteiger partial charge in [-0.15, -0.1) is 9.13 Å². The molecule has 6 aromatic carbocycles. The minimum atomic E-state index is -1.05. The van der Waals surface area contributed by atoms with Gasteiger partial charge in [0, 0.05) is 24.6 Å². The van der Waals surface area contributed by atoms with E-state index in [9.17, 15) is 0 Å². The fourth-order valence-electron chi connectivity index (χ4n) is 10.8. The molecule has 2 aromatic heterocycles. The molecule has 3 aliphatic rings. The molecule has 1 atom stereocenters. The molecule has 0 radical (unpaired) electrons. The first-order valence-corrected chi connectivity index (χ1v) is 23.5. The van der Waals surface area contributed by atoms with Crippen LogP contribution < -0.4 is 13.9 Å². The lowest BCUT2D eigenvalue weighted by atomic mass is 9.80. The minimum absolute atomic E-state index is 0.105. The number of imidazole rings is 1. The largest absolute Gasteiger partial charge is 0.499 e. The van der Waals surface area contributed by atoms with Crippen LogP contribution in [0.2, 0.25) is 0 Å². The number of fused-ring (bicyclic) bond motifs is 5. The summed E-state index contributed by atoms with van der Waals surface area (Å²) < 4.78 is 24.3. The molecule has 4 heteroatoms. The molecule has 320 valence electrons. The Morgan fingerprint density at radius 3 is 2.08 bits per heavy atom. The highest BCUT2D eigenvalue weighted by molar-refractivity contribution is 5.98. The number of benzene rings is 6. The Labute approximate surface area is 381 Å². The van der Waals surface area contributed by atoms with Gasteiger partial charge in [0.2, 0.25) is 5.69 Å². The van der Waals surface area contributed by atoms with Crippen LogP contribution in [0.15, 0.2) is 134 Å². The van der Waals surface area contributed by atoms with Gasteiger partial charge in [-0.1, -0.05) is 143 Å². The first-order chi connectivity index (χ1) is 31.0. The zero-order chi connectivity index (χ0) is 45.5. The van der Waals surface area contributed by atoms with Crippen LogP contribution in [0.25, 0.3) is 72.7 Å². The van der Waals surface area contributed by atoms with E-state index in [0.717, 1.165) is 57.1 Å². The van der Waals surface area contributed by atoms with Crippen molar-refractivity contribution in [3.05, 3.63) is 167 Å². The molecule has 1 spiro atoms. The maximum atomic E-state index is 8.68. The van der Waals surface area contributed by atoms with Crippen molar-refractivity contribution < 1.29 is 15.2 Å². The highest BCUT2D eigenvalue weighted by Gasteiger charge is 2.69. The third kappa shape index (κ3) is 5.87. The molecule has 5 heterocycles. The molecule has 0 aliphatic carbocycles. The number of pyridine rings is 1. The Hall–Kier alpha value is -6.26. The Morgan fingerprint density at radius 2 is 1.39 bits per heavy atom. The molecule has 0 saturated carbocycles. The third-order valence-corrected chi connectivity index (χ3v) is 14.2. The molecule has 8 aromatic rings. The Balaban J connectivity index is 1.28. The topological polar surface area (TPSA) is 21.9 Å². The monoisotopic (exact) mass is 840 g/mol. The lowest BCUT2D eigenvalue weighted by Gasteiger charge is -2.34. The summed E-state index contributed by atoms with van der Waals surface area (Å²) in [6.07, 6.45) is 3.25. The molecule has 3 aliphatic heterocycles. The molecule has 11 rings (SSSR count). The van der Waals surface area contributed by atoms with Crippen molar-refractivity contribution in [2.45, 2.75) is 112 Å². The molecule has 4 nitrogen and oxygen atoms in total. The summed E-state index contributed by atoms with van der Waals surface area (Å²) in [6.45, 7) is 24.8. The maximum absolute atomic E-state index is 8.68. The fourth-order valence-corrected chi connectivity index (χ4v) is 10.8. The van der Waals surface area contributed by atoms with Gasteiger partial charge in [-0.05, 0) is 134 Å². The second kappa shape index (κ2) is 14.4. The zero-order valence-electron chi connectivity index (χ0n) is 40.4. The molecular formula is C60H61N3O+2. The number of hydrogen-bond donors (Lipinski definition) is 0. The van der Waals surface area contributed by atoms with Gasteiger partial charge in [-0.2, -0.15) is 4.57 Å². The maximum Gasteiger partial charge on any atom is 0.499 e. The van der Waals surface area contributed by atoms with Gasteiger partial charge < -0.3 is 4.74 Å². The van der Waals surface area contributed by atoms with Crippen LogP contribution >= 0.6 is 0 Å². The number of hydrogen-bond acceptors (Lipinski definition) is 1. The van der Waals surface area contributed by atoms with Crippen molar-refractivity contribution in [3.63, 3.8) is 0 Å². The van der Waals surface area contributed by atoms with Crippen molar-refractivity contribution in [1.82, 2.24) is 4.57 Å². The minimum Gasteiger partial charge on any atom is -0.392 e. The van der Waals surface area contributed by atoms with Crippen LogP contribution in [-0.4, -0.2) is 4.57 Å². The average molecular weight is 841 g/mol. The Morgan fingerprint density at radius 1 is 0.641 bits per heavy atom. The van der Waals surface area contributed by atoms with Crippen LogP contribution in [-0.2, 0) is 17.7 Å². The van der Waals surface area contributed by atoms with Crippen molar-refractivity contribution in [3.8, 4) is 67.5 Å². The molecular weight excluding hydrogens is 779 g/mol. The summed E-state index contributed by atoms with van der Waals surface area (Å²) in [5.74, 6) is 1.40. The van der Waals surface area contributed by atoms with Crippen LogP contribution in [0.4, 0.5) is 0 Å². The highest BCUT2D eigenvalue weighted by atomic mass is 16.5. The molecule has 1 unspecified atom stereocenters. The van der Waals surface area contributed by atoms with Gasteiger partial charge >= 0.3 is 11.7 Å². The van der Waals surface area contributed by atoms with E-state index in [1.54, 1.807) is 0 Å². The predicted molar refractivity (Wildman–Crippen MR) is 263 cm³/mol. The van der Waals surface area contributed by atoms with Gasteiger partial charge in [-0.3, -0.25) is 0 Å². The van der Waals surface area contributed by atoms with Gasteiger partial charge in [0.15, 0.2) is 23.0 Å². The fraction of sp³-hybridized carbons (Fsp3) is 0.300. The Kier molecular flexibility index (Phi) is 8.84. The second-order valence-electron chi connectivity index (χ2n) is 20.9. The van der Waals surface area contributed by atoms with Crippen LogP contribution in [0.3, 0.4) is 0 Å². The average Bonchev–Trinajstić information content (AvgIpc) is 3.77. The first-order valence-electron chi connectivity index (χ1n) is 24.0. The highest BCUT2D eigenvalue weighted by Crippen LogP contribution is 2.56. The van der Waals surface area contributed by atoms with Crippen LogP contribution in [0.5, 0.6) is 5.75 Å². The van der Waals surface area contributed by atoms with E-state index < -0.39 is 11.7 Å². The van der Waals surface area contributed by atoms with E-state index >= 15 is 0 Å². The smallest absolute Gasteiger partial charge is 0.392 e. The van der Waals surface area contributed by atoms with E-state index in [1.807, 2.05) is 13.8 Å². The number of para-hydroxylation sites is 1. The summed E-state index contributed by atoms with van der Waals surface area (Å²) in [4.78, 5) is 0. The summed E-state index contributed by atoms with van der Waals surface area (Å²) >= 11 is 0. The van der Waals surface area contributed by atoms with E-state index in [1.165, 1.54) is 61.2 Å². The molecule has 0 fully saturated rings. The quantitative estimate of drug-likeness (QED) is 0.140. The van der Waals surface area contributed by atoms with Crippen molar-refractivity contribution in [1.29, 1.82) is 0 Å². The standard InChI is InChI=1S/C60H61N3O/c1-35(2)28-44-29-46(24-25-47(44)41-16-13-12-14-17-41)62-53-19-15-18-48-50-33-45(59(9,10)11)34-51-54-32-42(40-22-20-39(21-23-40)36(3)4)26-27-61(54)60(55(50)51)63(56(48)53)58(62)52-31-43(37(5)6)30-49(38(7)8)57(52)64-60/h12-27,29-38H,28H2,1-11H3/q+2/i36D. The van der Waals surface area contributed by atoms with Crippen molar-refractivity contribution >= 4 is 11.0 Å². The second-order valence-corrected chi connectivity index (χ2v) is 20.9. The summed E-state index contributed by atoms with van der Waals surface area (Å²) in [5.41, 5.74) is 21.5. The van der Waals surface area contributed by atoms with E-state index in [2.05, 4.69) is 210 Å². The predicted octanol–water partition coefficient (Wildman–Crippen LogP) is 14.6. The van der Waals surface area contributed by atoms with E-state index in [-0.39, 0.29) is 11.3 Å². The van der Waals surface area contributed by atoms with Crippen molar-refractivity contribution in [2.24, 2.45) is 5.92 Å². The Bertz CT molecular complexity index is 3250. The zero-order valence-corrected chi connectivity index (χ0v) is 39.4. The number of rotatable bonds is 8. The third-order valence-electron chi connectivity index (χ3n) is 14.2. The summed E-state index contributed by atoms with van der Waals surface area (Å²) in [6, 6.07) is 47.9. The van der Waals surface area contributed by atoms with Crippen LogP contribution in [0, 0.1) is 5.92 Å². The number of aromatic nitrogens is 3. The van der Waals surface area contributed by atoms with E-state index in [0.29, 0.717) is 11.8 Å². The number of nitrogens with zero attached hydrogens (tertiary/aromatic N) is 3. The van der Waals surface area contributed by atoms with E-state index in [4.69, 9.17) is 6.11 Å². The molecule has 0 bridgehead atoms. The van der Waals surface area contributed by atoms with Gasteiger partial charge in [0.25, 0.3) is 0 Å². The molecule has 0 saturated heterocycles. The summed E-state index contributed by atoms with van der Waals surface area (Å²) in [5, 5.41) is 0. The van der Waals surface area contributed by atoms with Gasteiger partial charge in [0.1, 0.15) is 16.8 Å². The lowest BCUT2D eigenvalue weighted by Crippen LogP contribution is -2.78. The lowest BCUT2D eigenvalue weighted by molar-refractivity contribution is -0.997. The van der Waals surface area contributed by atoms with Crippen molar-refractivity contribution in [2.75, 3.05) is 0 Å². The first kappa shape index (κ1) is 39.3. The normalized spacial score (nSPS) is 16.0. The molecule has 0 amide bonds. The number of ether oxygens (including phenoxy) is 1. The van der Waals surface area contributed by atoms with Crippen LogP contribution in [0.1, 0.15) is 129 Å². The van der Waals surface area contributed by atoms with Gasteiger partial charge in [-0.25, -0.2) is 0 Å². The molecule has 0 N–H and O–H groups in total. The SMILES string of the molecule is [2H]C(C)(C)c1ccc(-c2cc[n+]3c(c2)-c2cc(C(C)(C)C)cc4c2C32Oc3c(cc(C(C)C)cc3C(C)C)-c3n(-c5ccc(-c6ccccc6)c(CC(C)C)c5)c5cccc-4c5[n+]32)cc1.